The minimum Gasteiger partial charge on any atom is -0.481 e. The minimum atomic E-state index is -0.690. The van der Waals surface area contributed by atoms with Crippen molar-refractivity contribution in [1.82, 2.24) is 0 Å². The summed E-state index contributed by atoms with van der Waals surface area (Å²) < 4.78 is 0. The van der Waals surface area contributed by atoms with E-state index in [0.717, 1.165) is 38.5 Å². The number of unbranched alkanes of at least 4 members (excludes halogenated alkanes) is 7. The van der Waals surface area contributed by atoms with Crippen molar-refractivity contribution in [3.63, 3.8) is 0 Å². The highest BCUT2D eigenvalue weighted by Crippen LogP contribution is 2.10. The van der Waals surface area contributed by atoms with Gasteiger partial charge in [0.05, 0.1) is 0 Å². The van der Waals surface area contributed by atoms with Crippen LogP contribution in [-0.2, 0) is 9.59 Å². The topological polar surface area (TPSA) is 54.4 Å². The molecule has 0 fully saturated rings. The number of carbonyl (C=O) groups excluding carboxylic acids is 1. The minimum absolute atomic E-state index is 0.237. The van der Waals surface area contributed by atoms with Crippen LogP contribution in [0.15, 0.2) is 12.2 Å². The van der Waals surface area contributed by atoms with Crippen molar-refractivity contribution in [2.75, 3.05) is 0 Å². The SMILES string of the molecule is CCCC(=O)C=CCCCCCCCCCC(=O)O. The highest BCUT2D eigenvalue weighted by molar-refractivity contribution is 5.89. The smallest absolute Gasteiger partial charge is 0.303 e. The van der Waals surface area contributed by atoms with Crippen LogP contribution < -0.4 is 0 Å². The van der Waals surface area contributed by atoms with E-state index in [1.54, 1.807) is 6.08 Å². The summed E-state index contributed by atoms with van der Waals surface area (Å²) in [5.41, 5.74) is 0. The van der Waals surface area contributed by atoms with E-state index in [-0.39, 0.29) is 5.78 Å². The molecule has 0 radical (unpaired) electrons. The third-order valence-electron chi connectivity index (χ3n) is 3.06. The monoisotopic (exact) mass is 268 g/mol. The Kier molecular flexibility index (Phi) is 12.5. The van der Waals surface area contributed by atoms with Crippen molar-refractivity contribution in [1.29, 1.82) is 0 Å². The van der Waals surface area contributed by atoms with Gasteiger partial charge in [0.25, 0.3) is 0 Å². The molecule has 19 heavy (non-hydrogen) atoms. The van der Waals surface area contributed by atoms with Crippen LogP contribution in [0.4, 0.5) is 0 Å². The lowest BCUT2D eigenvalue weighted by atomic mass is 10.1. The van der Waals surface area contributed by atoms with Gasteiger partial charge in [0, 0.05) is 12.8 Å². The molecule has 0 aromatic heterocycles. The second-order valence-corrected chi connectivity index (χ2v) is 5.03. The highest BCUT2D eigenvalue weighted by Gasteiger charge is 1.96. The molecule has 0 atom stereocenters. The van der Waals surface area contributed by atoms with Gasteiger partial charge in [0.15, 0.2) is 5.78 Å². The fraction of sp³-hybridized carbons (Fsp3) is 0.750. The Morgan fingerprint density at radius 3 is 2.05 bits per heavy atom. The highest BCUT2D eigenvalue weighted by atomic mass is 16.4. The average Bonchev–Trinajstić information content (AvgIpc) is 2.36. The van der Waals surface area contributed by atoms with Gasteiger partial charge >= 0.3 is 5.97 Å². The van der Waals surface area contributed by atoms with Gasteiger partial charge in [-0.1, -0.05) is 45.1 Å². The van der Waals surface area contributed by atoms with Gasteiger partial charge in [-0.25, -0.2) is 0 Å². The predicted molar refractivity (Wildman–Crippen MR) is 78.2 cm³/mol. The van der Waals surface area contributed by atoms with Crippen molar-refractivity contribution in [3.05, 3.63) is 12.2 Å². The Morgan fingerprint density at radius 1 is 0.895 bits per heavy atom. The van der Waals surface area contributed by atoms with E-state index in [1.165, 1.54) is 19.3 Å². The number of carbonyl (C=O) groups is 2. The van der Waals surface area contributed by atoms with E-state index in [0.29, 0.717) is 12.8 Å². The summed E-state index contributed by atoms with van der Waals surface area (Å²) in [7, 11) is 0. The van der Waals surface area contributed by atoms with Gasteiger partial charge in [0.2, 0.25) is 0 Å². The molecule has 0 rings (SSSR count). The van der Waals surface area contributed by atoms with E-state index in [1.807, 2.05) is 13.0 Å². The van der Waals surface area contributed by atoms with Crippen LogP contribution in [0.2, 0.25) is 0 Å². The number of hydrogen-bond donors (Lipinski definition) is 1. The van der Waals surface area contributed by atoms with Crippen molar-refractivity contribution < 1.29 is 14.7 Å². The molecule has 0 saturated carbocycles. The van der Waals surface area contributed by atoms with E-state index < -0.39 is 5.97 Å². The number of ketones is 1. The molecule has 0 aromatic rings. The maximum absolute atomic E-state index is 11.2. The number of rotatable bonds is 13. The molecule has 0 saturated heterocycles. The second kappa shape index (κ2) is 13.3. The van der Waals surface area contributed by atoms with Crippen molar-refractivity contribution >= 4 is 11.8 Å². The Bertz CT molecular complexity index is 269. The lowest BCUT2D eigenvalue weighted by Gasteiger charge is -2.00. The Balaban J connectivity index is 3.18. The quantitative estimate of drug-likeness (QED) is 0.395. The standard InChI is InChI=1S/C16H28O3/c1-2-12-15(17)13-10-8-6-4-3-5-7-9-11-14-16(18)19/h10,13H,2-9,11-12,14H2,1H3,(H,18,19). The molecule has 3 heteroatoms. The van der Waals surface area contributed by atoms with Crippen molar-refractivity contribution in [2.45, 2.75) is 77.6 Å². The summed E-state index contributed by atoms with van der Waals surface area (Å²) in [4.78, 5) is 21.5. The van der Waals surface area contributed by atoms with E-state index in [9.17, 15) is 9.59 Å². The number of allylic oxidation sites excluding steroid dienone is 2. The number of carboxylic acids is 1. The molecule has 0 aliphatic heterocycles. The maximum Gasteiger partial charge on any atom is 0.303 e. The first-order valence-electron chi connectivity index (χ1n) is 7.58. The third-order valence-corrected chi connectivity index (χ3v) is 3.06. The molecule has 110 valence electrons. The van der Waals surface area contributed by atoms with E-state index in [4.69, 9.17) is 5.11 Å². The van der Waals surface area contributed by atoms with Crippen molar-refractivity contribution in [3.8, 4) is 0 Å². The number of hydrogen-bond acceptors (Lipinski definition) is 2. The zero-order chi connectivity index (χ0) is 14.3. The summed E-state index contributed by atoms with van der Waals surface area (Å²) in [6, 6.07) is 0. The summed E-state index contributed by atoms with van der Waals surface area (Å²) in [6.45, 7) is 2.02. The third kappa shape index (κ3) is 14.8. The van der Waals surface area contributed by atoms with Crippen LogP contribution in [-0.4, -0.2) is 16.9 Å². The van der Waals surface area contributed by atoms with Gasteiger partial charge in [-0.2, -0.15) is 0 Å². The van der Waals surface area contributed by atoms with Crippen LogP contribution in [0.5, 0.6) is 0 Å². The fourth-order valence-corrected chi connectivity index (χ4v) is 1.97. The molecule has 3 nitrogen and oxygen atoms in total. The first-order chi connectivity index (χ1) is 9.16. The first kappa shape index (κ1) is 17.9. The lowest BCUT2D eigenvalue weighted by molar-refractivity contribution is -0.137. The first-order valence-corrected chi connectivity index (χ1v) is 7.58. The number of carboxylic acid groups (broad SMARTS) is 1. The number of aliphatic carboxylic acids is 1. The van der Waals surface area contributed by atoms with Gasteiger partial charge < -0.3 is 5.11 Å². The van der Waals surface area contributed by atoms with Gasteiger partial charge in [-0.3, -0.25) is 9.59 Å². The van der Waals surface area contributed by atoms with Crippen LogP contribution in [0.1, 0.15) is 77.6 Å². The average molecular weight is 268 g/mol. The van der Waals surface area contributed by atoms with Gasteiger partial charge in [-0.05, 0) is 31.8 Å². The fourth-order valence-electron chi connectivity index (χ4n) is 1.97. The zero-order valence-electron chi connectivity index (χ0n) is 12.2. The van der Waals surface area contributed by atoms with Crippen LogP contribution in [0.3, 0.4) is 0 Å². The van der Waals surface area contributed by atoms with Gasteiger partial charge in [0.1, 0.15) is 0 Å². The normalized spacial score (nSPS) is 11.0. The molecule has 0 aliphatic rings. The molecular weight excluding hydrogens is 240 g/mol. The summed E-state index contributed by atoms with van der Waals surface area (Å²) in [5, 5.41) is 8.48. The van der Waals surface area contributed by atoms with E-state index in [2.05, 4.69) is 0 Å². The van der Waals surface area contributed by atoms with Gasteiger partial charge in [-0.15, -0.1) is 0 Å². The maximum atomic E-state index is 11.2. The Labute approximate surface area is 117 Å². The molecule has 0 heterocycles. The predicted octanol–water partition coefficient (Wildman–Crippen LogP) is 4.51. The van der Waals surface area contributed by atoms with Crippen LogP contribution in [0.25, 0.3) is 0 Å². The lowest BCUT2D eigenvalue weighted by Crippen LogP contribution is -1.93. The Morgan fingerprint density at radius 2 is 1.47 bits per heavy atom. The van der Waals surface area contributed by atoms with Crippen LogP contribution in [0, 0.1) is 0 Å². The largest absolute Gasteiger partial charge is 0.481 e. The molecule has 1 N–H and O–H groups in total. The molecule has 0 spiro atoms. The molecule has 0 amide bonds. The molecule has 0 unspecified atom stereocenters. The van der Waals surface area contributed by atoms with E-state index >= 15 is 0 Å². The van der Waals surface area contributed by atoms with Crippen molar-refractivity contribution in [2.24, 2.45) is 0 Å². The Hall–Kier alpha value is -1.12. The molecule has 0 bridgehead atoms. The molecular formula is C16H28O3. The summed E-state index contributed by atoms with van der Waals surface area (Å²) >= 11 is 0. The molecule has 0 aromatic carbocycles. The molecule has 0 aliphatic carbocycles. The zero-order valence-corrected chi connectivity index (χ0v) is 12.2. The summed E-state index contributed by atoms with van der Waals surface area (Å²) in [5.74, 6) is -0.453. The second-order valence-electron chi connectivity index (χ2n) is 5.03. The summed E-state index contributed by atoms with van der Waals surface area (Å²) in [6.07, 6.45) is 14.3. The van der Waals surface area contributed by atoms with Crippen LogP contribution >= 0.6 is 0 Å².